The van der Waals surface area contributed by atoms with Crippen molar-refractivity contribution in [2.24, 2.45) is 22.7 Å². The molecule has 0 unspecified atom stereocenters. The van der Waals surface area contributed by atoms with Gasteiger partial charge in [0.2, 0.25) is 11.8 Å². The van der Waals surface area contributed by atoms with E-state index in [-0.39, 0.29) is 34.5 Å². The highest BCUT2D eigenvalue weighted by atomic mass is 16.5. The first-order valence-electron chi connectivity index (χ1n) is 14.5. The highest BCUT2D eigenvalue weighted by Gasteiger charge is 2.35. The van der Waals surface area contributed by atoms with E-state index in [0.717, 1.165) is 38.8 Å². The van der Waals surface area contributed by atoms with Crippen molar-refractivity contribution < 1.29 is 14.3 Å². The van der Waals surface area contributed by atoms with E-state index in [1.165, 1.54) is 38.5 Å². The maximum Gasteiger partial charge on any atom is 0.225 e. The number of amides is 2. The topological polar surface area (TPSA) is 49.9 Å². The Morgan fingerprint density at radius 2 is 0.971 bits per heavy atom. The van der Waals surface area contributed by atoms with Crippen LogP contribution in [0.5, 0.6) is 0 Å². The van der Waals surface area contributed by atoms with Gasteiger partial charge >= 0.3 is 0 Å². The van der Waals surface area contributed by atoms with Gasteiger partial charge in [-0.1, -0.05) is 93.9 Å². The first kappa shape index (κ1) is 30.1. The Morgan fingerprint density at radius 3 is 1.26 bits per heavy atom. The molecular weight excluding hydrogens is 436 g/mol. The molecule has 0 radical (unpaired) electrons. The Hall–Kier alpha value is -1.10. The molecule has 5 nitrogen and oxygen atoms in total. The lowest BCUT2D eigenvalue weighted by molar-refractivity contribution is -0.140. The average molecular weight is 493 g/mol. The summed E-state index contributed by atoms with van der Waals surface area (Å²) in [6, 6.07) is 0.751. The molecule has 0 aromatic carbocycles. The van der Waals surface area contributed by atoms with Crippen LogP contribution < -0.4 is 0 Å². The summed E-state index contributed by atoms with van der Waals surface area (Å²) in [5.41, 5.74) is -0.232. The zero-order valence-electron chi connectivity index (χ0n) is 24.3. The minimum Gasteiger partial charge on any atom is -0.380 e. The van der Waals surface area contributed by atoms with Gasteiger partial charge in [0, 0.05) is 47.8 Å². The number of ether oxygens (including phenoxy) is 1. The highest BCUT2D eigenvalue weighted by molar-refractivity contribution is 5.79. The predicted molar refractivity (Wildman–Crippen MR) is 145 cm³/mol. The third-order valence-electron chi connectivity index (χ3n) is 7.77. The molecule has 35 heavy (non-hydrogen) atoms. The molecule has 2 saturated carbocycles. The molecular formula is C30H56N2O3. The third-order valence-corrected chi connectivity index (χ3v) is 7.77. The zero-order valence-corrected chi connectivity index (χ0v) is 24.3. The first-order valence-corrected chi connectivity index (χ1v) is 14.5. The summed E-state index contributed by atoms with van der Waals surface area (Å²) in [4.78, 5) is 30.5. The van der Waals surface area contributed by atoms with Crippen LogP contribution in [0.3, 0.4) is 0 Å². The summed E-state index contributed by atoms with van der Waals surface area (Å²) < 4.78 is 6.34. The fraction of sp³-hybridized carbons (Fsp3) is 0.933. The van der Waals surface area contributed by atoms with Gasteiger partial charge in [-0.05, 0) is 25.7 Å². The second kappa shape index (κ2) is 13.4. The fourth-order valence-electron chi connectivity index (χ4n) is 5.84. The van der Waals surface area contributed by atoms with E-state index in [2.05, 4.69) is 37.5 Å². The lowest BCUT2D eigenvalue weighted by Crippen LogP contribution is -2.50. The summed E-state index contributed by atoms with van der Waals surface area (Å²) in [6.07, 6.45) is 12.0. The Bertz CT molecular complexity index is 603. The lowest BCUT2D eigenvalue weighted by Gasteiger charge is -2.42. The van der Waals surface area contributed by atoms with Crippen molar-refractivity contribution in [1.82, 2.24) is 9.80 Å². The molecule has 2 rings (SSSR count). The van der Waals surface area contributed by atoms with Gasteiger partial charge in [-0.2, -0.15) is 0 Å². The summed E-state index contributed by atoms with van der Waals surface area (Å²) in [6.45, 7) is 19.7. The number of carbonyl (C=O) groups excluding carboxylic acids is 2. The van der Waals surface area contributed by atoms with Crippen LogP contribution in [0.25, 0.3) is 0 Å². The molecule has 0 atom stereocenters. The minimum absolute atomic E-state index is 0.0249. The molecule has 0 heterocycles. The quantitative estimate of drug-likeness (QED) is 0.305. The lowest BCUT2D eigenvalue weighted by atomic mass is 9.87. The molecule has 0 aliphatic heterocycles. The zero-order chi connectivity index (χ0) is 26.2. The molecule has 5 heteroatoms. The van der Waals surface area contributed by atoms with Crippen molar-refractivity contribution in [1.29, 1.82) is 0 Å². The van der Waals surface area contributed by atoms with Crippen molar-refractivity contribution in [3.05, 3.63) is 0 Å². The maximum atomic E-state index is 13.1. The Balaban J connectivity index is 1.97. The van der Waals surface area contributed by atoms with Crippen molar-refractivity contribution in [2.75, 3.05) is 26.3 Å². The number of nitrogens with zero attached hydrogens (tertiary/aromatic N) is 2. The van der Waals surface area contributed by atoms with E-state index in [1.807, 2.05) is 27.7 Å². The van der Waals surface area contributed by atoms with Gasteiger partial charge in [0.25, 0.3) is 0 Å². The molecule has 2 aliphatic carbocycles. The predicted octanol–water partition coefficient (Wildman–Crippen LogP) is 6.69. The van der Waals surface area contributed by atoms with Gasteiger partial charge in [-0.25, -0.2) is 0 Å². The van der Waals surface area contributed by atoms with E-state index in [4.69, 9.17) is 4.74 Å². The molecule has 2 aliphatic rings. The number of hydrogen-bond donors (Lipinski definition) is 0. The van der Waals surface area contributed by atoms with Gasteiger partial charge in [-0.15, -0.1) is 0 Å². The number of carbonyl (C=O) groups is 2. The largest absolute Gasteiger partial charge is 0.380 e. The molecule has 2 amide bonds. The van der Waals surface area contributed by atoms with Crippen molar-refractivity contribution in [2.45, 2.75) is 132 Å². The van der Waals surface area contributed by atoms with Crippen LogP contribution in [-0.4, -0.2) is 60.0 Å². The highest BCUT2D eigenvalue weighted by Crippen LogP contribution is 2.30. The van der Waals surface area contributed by atoms with E-state index in [1.54, 1.807) is 0 Å². The summed E-state index contributed by atoms with van der Waals surface area (Å²) in [7, 11) is 0. The van der Waals surface area contributed by atoms with Crippen LogP contribution in [0, 0.1) is 22.7 Å². The van der Waals surface area contributed by atoms with Crippen LogP contribution in [0.15, 0.2) is 0 Å². The van der Waals surface area contributed by atoms with Crippen molar-refractivity contribution in [3.8, 4) is 0 Å². The smallest absolute Gasteiger partial charge is 0.225 e. The molecule has 0 spiro atoms. The van der Waals surface area contributed by atoms with Crippen LogP contribution in [0.1, 0.15) is 120 Å². The molecule has 0 saturated heterocycles. The Morgan fingerprint density at radius 1 is 0.657 bits per heavy atom. The van der Waals surface area contributed by atoms with E-state index in [0.29, 0.717) is 25.3 Å². The maximum absolute atomic E-state index is 13.1. The Kier molecular flexibility index (Phi) is 11.6. The van der Waals surface area contributed by atoms with Gasteiger partial charge in [0.15, 0.2) is 0 Å². The van der Waals surface area contributed by atoms with Crippen molar-refractivity contribution >= 4 is 11.8 Å². The summed E-state index contributed by atoms with van der Waals surface area (Å²) in [5.74, 6) is 0.606. The first-order chi connectivity index (χ1) is 16.3. The molecule has 204 valence electrons. The van der Waals surface area contributed by atoms with E-state index in [9.17, 15) is 9.59 Å². The molecule has 0 bridgehead atoms. The molecule has 0 N–H and O–H groups in total. The summed E-state index contributed by atoms with van der Waals surface area (Å²) >= 11 is 0. The van der Waals surface area contributed by atoms with Crippen molar-refractivity contribution in [3.63, 3.8) is 0 Å². The van der Waals surface area contributed by atoms with Gasteiger partial charge in [0.1, 0.15) is 0 Å². The minimum atomic E-state index is -0.116. The Labute approximate surface area is 216 Å². The second-order valence-electron chi connectivity index (χ2n) is 13.6. The second-order valence-corrected chi connectivity index (χ2v) is 13.6. The van der Waals surface area contributed by atoms with Crippen LogP contribution in [-0.2, 0) is 14.3 Å². The molecule has 2 fully saturated rings. The summed E-state index contributed by atoms with van der Waals surface area (Å²) in [5, 5.41) is 0. The normalized spacial score (nSPS) is 18.8. The van der Waals surface area contributed by atoms with Gasteiger partial charge < -0.3 is 14.5 Å². The fourth-order valence-corrected chi connectivity index (χ4v) is 5.84. The van der Waals surface area contributed by atoms with Crippen LogP contribution in [0.4, 0.5) is 0 Å². The monoisotopic (exact) mass is 492 g/mol. The van der Waals surface area contributed by atoms with Gasteiger partial charge in [0.05, 0.1) is 13.2 Å². The molecule has 0 aromatic heterocycles. The number of hydrogen-bond acceptors (Lipinski definition) is 3. The van der Waals surface area contributed by atoms with Crippen LogP contribution in [0.2, 0.25) is 0 Å². The molecule has 0 aromatic rings. The average Bonchev–Trinajstić information content (AvgIpc) is 2.81. The van der Waals surface area contributed by atoms with E-state index >= 15 is 0 Å². The SMILES string of the molecule is CC(C)C(=O)N(CC(C)(C)COCC(C)(C)CN(C(=O)C(C)C)C1CCCCC1)C1CCCCC1. The third kappa shape index (κ3) is 9.70. The standard InChI is InChI=1S/C30H56N2O3/c1-23(2)27(33)31(25-15-11-9-12-16-25)19-29(5,6)21-35-22-30(7,8)20-32(28(34)24(3)4)26-17-13-10-14-18-26/h23-26H,9-22H2,1-8H3. The van der Waals surface area contributed by atoms with Crippen LogP contribution >= 0.6 is 0 Å². The van der Waals surface area contributed by atoms with Gasteiger partial charge in [-0.3, -0.25) is 9.59 Å². The number of rotatable bonds is 12. The van der Waals surface area contributed by atoms with E-state index < -0.39 is 0 Å².